The quantitative estimate of drug-likeness (QED) is 0.361. The highest BCUT2D eigenvalue weighted by Crippen LogP contribution is 2.20. The van der Waals surface area contributed by atoms with Gasteiger partial charge in [-0.15, -0.1) is 0 Å². The number of unbranched alkanes of at least 4 members (excludes halogenated alkanes) is 1. The van der Waals surface area contributed by atoms with Gasteiger partial charge >= 0.3 is 5.97 Å². The predicted molar refractivity (Wildman–Crippen MR) is 115 cm³/mol. The summed E-state index contributed by atoms with van der Waals surface area (Å²) in [6, 6.07) is 4.84. The Morgan fingerprint density at radius 3 is 2.69 bits per heavy atom. The minimum atomic E-state index is -0.484. The third-order valence-electron chi connectivity index (χ3n) is 4.54. The summed E-state index contributed by atoms with van der Waals surface area (Å²) in [5.74, 6) is -0.396. The highest BCUT2D eigenvalue weighted by Gasteiger charge is 2.16. The number of methoxy groups -OCH3 is 1. The van der Waals surface area contributed by atoms with Gasteiger partial charge < -0.3 is 10.1 Å². The summed E-state index contributed by atoms with van der Waals surface area (Å²) >= 11 is 1.24. The fraction of sp³-hybridized carbons (Fsp3) is 0.524. The first-order valence-electron chi connectivity index (χ1n) is 9.96. The number of fused-ring (bicyclic) bond motifs is 1. The molecule has 29 heavy (non-hydrogen) atoms. The van der Waals surface area contributed by atoms with Crippen molar-refractivity contribution < 1.29 is 14.3 Å². The molecule has 1 aromatic carbocycles. The van der Waals surface area contributed by atoms with Crippen LogP contribution in [0.15, 0.2) is 28.2 Å². The first kappa shape index (κ1) is 22.9. The Hall–Kier alpha value is -2.35. The topological polar surface area (TPSA) is 90.3 Å². The van der Waals surface area contributed by atoms with E-state index in [0.717, 1.165) is 25.7 Å². The molecule has 8 heteroatoms. The molecule has 2 aromatic rings. The van der Waals surface area contributed by atoms with Crippen LogP contribution in [0.1, 0.15) is 56.8 Å². The number of carbonyl (C=O) groups excluding carboxylic acids is 2. The lowest BCUT2D eigenvalue weighted by Gasteiger charge is -2.15. The Labute approximate surface area is 175 Å². The number of aromatic nitrogens is 2. The van der Waals surface area contributed by atoms with Crippen molar-refractivity contribution in [3.8, 4) is 0 Å². The summed E-state index contributed by atoms with van der Waals surface area (Å²) in [5, 5.41) is 3.89. The fourth-order valence-electron chi connectivity index (χ4n) is 3.02. The van der Waals surface area contributed by atoms with Crippen molar-refractivity contribution in [3.63, 3.8) is 0 Å². The normalized spacial score (nSPS) is 12.0. The van der Waals surface area contributed by atoms with Gasteiger partial charge in [-0.3, -0.25) is 14.2 Å². The van der Waals surface area contributed by atoms with Gasteiger partial charge in [-0.2, -0.15) is 0 Å². The maximum Gasteiger partial charge on any atom is 0.337 e. The van der Waals surface area contributed by atoms with Crippen LogP contribution in [-0.2, 0) is 16.1 Å². The molecule has 0 fully saturated rings. The van der Waals surface area contributed by atoms with Crippen molar-refractivity contribution in [1.29, 1.82) is 0 Å². The number of hydrogen-bond donors (Lipinski definition) is 1. The number of hydrogen-bond acceptors (Lipinski definition) is 6. The predicted octanol–water partition coefficient (Wildman–Crippen LogP) is 3.38. The highest BCUT2D eigenvalue weighted by molar-refractivity contribution is 7.99. The fourth-order valence-corrected chi connectivity index (χ4v) is 3.86. The average molecular weight is 420 g/mol. The summed E-state index contributed by atoms with van der Waals surface area (Å²) in [5.41, 5.74) is 0.593. The summed E-state index contributed by atoms with van der Waals surface area (Å²) in [6.07, 6.45) is 3.69. The molecule has 158 valence electrons. The summed E-state index contributed by atoms with van der Waals surface area (Å²) in [6.45, 7) is 6.64. The van der Waals surface area contributed by atoms with Crippen molar-refractivity contribution in [3.05, 3.63) is 34.1 Å². The van der Waals surface area contributed by atoms with Gasteiger partial charge in [-0.05, 0) is 38.0 Å². The van der Waals surface area contributed by atoms with E-state index in [2.05, 4.69) is 24.1 Å². The number of rotatable bonds is 10. The van der Waals surface area contributed by atoms with Gasteiger partial charge in [0.25, 0.3) is 5.56 Å². The summed E-state index contributed by atoms with van der Waals surface area (Å²) in [4.78, 5) is 41.7. The number of thioether (sulfide) groups is 1. The molecule has 1 N–H and O–H groups in total. The van der Waals surface area contributed by atoms with Gasteiger partial charge in [-0.25, -0.2) is 9.78 Å². The van der Waals surface area contributed by atoms with E-state index in [-0.39, 0.29) is 23.3 Å². The van der Waals surface area contributed by atoms with Crippen molar-refractivity contribution >= 4 is 34.5 Å². The molecule has 0 saturated heterocycles. The zero-order valence-corrected chi connectivity index (χ0v) is 18.3. The van der Waals surface area contributed by atoms with E-state index in [1.54, 1.807) is 22.8 Å². The minimum absolute atomic E-state index is 0.0874. The molecule has 1 heterocycles. The molecular formula is C21H29N3O4S. The second-order valence-corrected chi connectivity index (χ2v) is 7.92. The summed E-state index contributed by atoms with van der Waals surface area (Å²) in [7, 11) is 1.31. The van der Waals surface area contributed by atoms with Gasteiger partial charge in [-0.1, -0.05) is 38.5 Å². The number of carbonyl (C=O) groups is 2. The van der Waals surface area contributed by atoms with E-state index in [0.29, 0.717) is 28.2 Å². The van der Waals surface area contributed by atoms with Gasteiger partial charge in [0.2, 0.25) is 5.91 Å². The van der Waals surface area contributed by atoms with Gasteiger partial charge in [0.05, 0.1) is 29.3 Å². The third-order valence-corrected chi connectivity index (χ3v) is 5.51. The molecule has 1 atom stereocenters. The van der Waals surface area contributed by atoms with Crippen LogP contribution < -0.4 is 10.9 Å². The Morgan fingerprint density at radius 1 is 1.28 bits per heavy atom. The summed E-state index contributed by atoms with van der Waals surface area (Å²) < 4.78 is 6.37. The molecule has 0 radical (unpaired) electrons. The number of amides is 1. The highest BCUT2D eigenvalue weighted by atomic mass is 32.2. The molecule has 0 aliphatic carbocycles. The van der Waals surface area contributed by atoms with Crippen molar-refractivity contribution in [1.82, 2.24) is 14.9 Å². The van der Waals surface area contributed by atoms with Crippen LogP contribution in [0.5, 0.6) is 0 Å². The van der Waals surface area contributed by atoms with E-state index in [4.69, 9.17) is 4.74 Å². The average Bonchev–Trinajstić information content (AvgIpc) is 2.70. The largest absolute Gasteiger partial charge is 0.465 e. The molecule has 0 aliphatic heterocycles. The van der Waals surface area contributed by atoms with E-state index in [1.807, 2.05) is 6.92 Å². The maximum absolute atomic E-state index is 13.0. The number of benzene rings is 1. The van der Waals surface area contributed by atoms with E-state index in [9.17, 15) is 14.4 Å². The van der Waals surface area contributed by atoms with Crippen LogP contribution in [0.25, 0.3) is 10.9 Å². The third kappa shape index (κ3) is 6.06. The van der Waals surface area contributed by atoms with E-state index >= 15 is 0 Å². The number of esters is 1. The molecule has 7 nitrogen and oxygen atoms in total. The molecule has 0 saturated carbocycles. The number of nitrogens with one attached hydrogen (secondary N) is 1. The second-order valence-electron chi connectivity index (χ2n) is 6.97. The maximum atomic E-state index is 13.0. The van der Waals surface area contributed by atoms with Crippen LogP contribution >= 0.6 is 11.8 Å². The minimum Gasteiger partial charge on any atom is -0.465 e. The molecule has 1 aromatic heterocycles. The Morgan fingerprint density at radius 2 is 2.03 bits per heavy atom. The SMILES string of the molecule is CCCCn1c(SCC(=O)N[C@@H](C)CCC)nc2cc(C(=O)OC)ccc2c1=O. The van der Waals surface area contributed by atoms with Crippen LogP contribution in [0, 0.1) is 0 Å². The molecule has 2 rings (SSSR count). The smallest absolute Gasteiger partial charge is 0.337 e. The first-order chi connectivity index (χ1) is 13.9. The lowest BCUT2D eigenvalue weighted by molar-refractivity contribution is -0.119. The zero-order valence-electron chi connectivity index (χ0n) is 17.5. The van der Waals surface area contributed by atoms with Crippen LogP contribution in [-0.4, -0.2) is 40.3 Å². The lowest BCUT2D eigenvalue weighted by atomic mass is 10.1. The number of ether oxygens (including phenoxy) is 1. The van der Waals surface area contributed by atoms with Gasteiger partial charge in [0.1, 0.15) is 0 Å². The molecule has 0 aliphatic rings. The Kier molecular flexibility index (Phi) is 8.70. The standard InChI is InChI=1S/C21H29N3O4S/c1-5-7-11-24-19(26)16-10-9-15(20(27)28-4)12-17(16)23-21(24)29-13-18(25)22-14(3)8-6-2/h9-10,12,14H,5-8,11,13H2,1-4H3,(H,22,25)/t14-/m0/s1. The van der Waals surface area contributed by atoms with Gasteiger partial charge in [0, 0.05) is 12.6 Å². The van der Waals surface area contributed by atoms with Crippen LogP contribution in [0.4, 0.5) is 0 Å². The van der Waals surface area contributed by atoms with Crippen molar-refractivity contribution in [2.45, 2.75) is 64.2 Å². The molecule has 0 unspecified atom stereocenters. The lowest BCUT2D eigenvalue weighted by Crippen LogP contribution is -2.34. The van der Waals surface area contributed by atoms with Crippen molar-refractivity contribution in [2.75, 3.05) is 12.9 Å². The zero-order chi connectivity index (χ0) is 21.4. The van der Waals surface area contributed by atoms with Crippen LogP contribution in [0.3, 0.4) is 0 Å². The number of nitrogens with zero attached hydrogens (tertiary/aromatic N) is 2. The van der Waals surface area contributed by atoms with E-state index in [1.165, 1.54) is 18.9 Å². The molecule has 0 spiro atoms. The van der Waals surface area contributed by atoms with Crippen LogP contribution in [0.2, 0.25) is 0 Å². The van der Waals surface area contributed by atoms with Crippen molar-refractivity contribution in [2.24, 2.45) is 0 Å². The van der Waals surface area contributed by atoms with E-state index < -0.39 is 5.97 Å². The van der Waals surface area contributed by atoms with Gasteiger partial charge in [0.15, 0.2) is 5.16 Å². The molecular weight excluding hydrogens is 390 g/mol. The Balaban J connectivity index is 2.35. The monoisotopic (exact) mass is 419 g/mol. The first-order valence-corrected chi connectivity index (χ1v) is 10.9. The Bertz CT molecular complexity index is 926. The molecule has 0 bridgehead atoms. The molecule has 1 amide bonds. The second kappa shape index (κ2) is 11.0.